The lowest BCUT2D eigenvalue weighted by Gasteiger charge is -1.99. The Labute approximate surface area is 90.7 Å². The van der Waals surface area contributed by atoms with E-state index in [1.165, 1.54) is 0 Å². The highest BCUT2D eigenvalue weighted by Gasteiger charge is 2.06. The summed E-state index contributed by atoms with van der Waals surface area (Å²) in [4.78, 5) is 0. The minimum absolute atomic E-state index is 0.383. The van der Waals surface area contributed by atoms with Crippen molar-refractivity contribution in [2.45, 2.75) is 0 Å². The molecule has 0 aliphatic heterocycles. The zero-order chi connectivity index (χ0) is 11.0. The van der Waals surface area contributed by atoms with E-state index >= 15 is 0 Å². The lowest BCUT2D eigenvalue weighted by molar-refractivity contribution is 0.782. The predicted octanol–water partition coefficient (Wildman–Crippen LogP) is 0.793. The van der Waals surface area contributed by atoms with Crippen LogP contribution in [0.1, 0.15) is 0 Å². The number of nitrogens with zero attached hydrogens (tertiary/aromatic N) is 5. The summed E-state index contributed by atoms with van der Waals surface area (Å²) in [6, 6.07) is 11.1. The van der Waals surface area contributed by atoms with Gasteiger partial charge in [0.25, 0.3) is 0 Å². The summed E-state index contributed by atoms with van der Waals surface area (Å²) < 4.78 is 1.63. The first kappa shape index (κ1) is 8.78. The Hall–Kier alpha value is -2.50. The zero-order valence-electron chi connectivity index (χ0n) is 8.28. The van der Waals surface area contributed by atoms with Crippen LogP contribution in [0.2, 0.25) is 0 Å². The molecule has 0 atom stereocenters. The number of nitrogen functional groups attached to an aromatic ring is 1. The Balaban J connectivity index is 2.22. The van der Waals surface area contributed by atoms with Crippen LogP contribution in [-0.4, -0.2) is 25.2 Å². The van der Waals surface area contributed by atoms with Crippen molar-refractivity contribution in [3.63, 3.8) is 0 Å². The van der Waals surface area contributed by atoms with E-state index in [0.29, 0.717) is 11.6 Å². The maximum absolute atomic E-state index is 5.47. The van der Waals surface area contributed by atoms with E-state index in [1.54, 1.807) is 16.8 Å². The van der Waals surface area contributed by atoms with E-state index in [0.717, 1.165) is 11.0 Å². The molecule has 16 heavy (non-hydrogen) atoms. The van der Waals surface area contributed by atoms with Crippen molar-refractivity contribution in [1.82, 2.24) is 25.2 Å². The first-order valence-corrected chi connectivity index (χ1v) is 4.74. The van der Waals surface area contributed by atoms with Gasteiger partial charge in [0.1, 0.15) is 11.3 Å². The molecule has 0 saturated heterocycles. The highest BCUT2D eigenvalue weighted by Crippen LogP contribution is 2.13. The van der Waals surface area contributed by atoms with Gasteiger partial charge in [-0.1, -0.05) is 17.3 Å². The molecule has 0 unspecified atom stereocenters. The predicted molar refractivity (Wildman–Crippen MR) is 58.9 cm³/mol. The molecule has 2 N–H and O–H groups in total. The molecule has 6 heteroatoms. The molecule has 78 valence electrons. The van der Waals surface area contributed by atoms with Crippen LogP contribution in [0.3, 0.4) is 0 Å². The Morgan fingerprint density at radius 3 is 2.62 bits per heavy atom. The van der Waals surface area contributed by atoms with Crippen molar-refractivity contribution >= 4 is 16.9 Å². The van der Waals surface area contributed by atoms with Gasteiger partial charge in [0, 0.05) is 0 Å². The number of fused-ring (bicyclic) bond motifs is 1. The summed E-state index contributed by atoms with van der Waals surface area (Å²) in [5.74, 6) is 0.982. The summed E-state index contributed by atoms with van der Waals surface area (Å²) in [7, 11) is 0. The van der Waals surface area contributed by atoms with Crippen LogP contribution >= 0.6 is 0 Å². The first-order chi connectivity index (χ1) is 7.84. The first-order valence-electron chi connectivity index (χ1n) is 4.74. The van der Waals surface area contributed by atoms with E-state index in [4.69, 9.17) is 5.73 Å². The SMILES string of the molecule is Nc1ccc(-n2nnc3ccccc32)nn1. The van der Waals surface area contributed by atoms with Crippen molar-refractivity contribution in [2.75, 3.05) is 5.73 Å². The van der Waals surface area contributed by atoms with Crippen LogP contribution in [0.15, 0.2) is 36.4 Å². The van der Waals surface area contributed by atoms with Gasteiger partial charge in [0.2, 0.25) is 0 Å². The van der Waals surface area contributed by atoms with Crippen LogP contribution < -0.4 is 5.73 Å². The van der Waals surface area contributed by atoms with E-state index in [9.17, 15) is 0 Å². The molecule has 2 aromatic heterocycles. The molecule has 0 radical (unpaired) electrons. The summed E-state index contributed by atoms with van der Waals surface area (Å²) in [5.41, 5.74) is 7.18. The fourth-order valence-electron chi connectivity index (χ4n) is 1.49. The molecule has 2 heterocycles. The van der Waals surface area contributed by atoms with E-state index < -0.39 is 0 Å². The van der Waals surface area contributed by atoms with Crippen molar-refractivity contribution in [1.29, 1.82) is 0 Å². The maximum Gasteiger partial charge on any atom is 0.178 e. The van der Waals surface area contributed by atoms with Crippen LogP contribution in [0.4, 0.5) is 5.82 Å². The highest BCUT2D eigenvalue weighted by atomic mass is 15.5. The van der Waals surface area contributed by atoms with Gasteiger partial charge < -0.3 is 5.73 Å². The van der Waals surface area contributed by atoms with Gasteiger partial charge in [0.05, 0.1) is 5.52 Å². The van der Waals surface area contributed by atoms with Crippen molar-refractivity contribution in [2.24, 2.45) is 0 Å². The molecule has 1 aromatic carbocycles. The van der Waals surface area contributed by atoms with Crippen LogP contribution in [0.5, 0.6) is 0 Å². The third-order valence-electron chi connectivity index (χ3n) is 2.24. The number of anilines is 1. The molecule has 0 aliphatic carbocycles. The second-order valence-corrected chi connectivity index (χ2v) is 3.31. The fourth-order valence-corrected chi connectivity index (χ4v) is 1.49. The molecule has 0 amide bonds. The van der Waals surface area contributed by atoms with E-state index in [1.807, 2.05) is 24.3 Å². The molecule has 0 spiro atoms. The number of hydrogen-bond donors (Lipinski definition) is 1. The monoisotopic (exact) mass is 212 g/mol. The molecular formula is C10H8N6. The van der Waals surface area contributed by atoms with Gasteiger partial charge in [0.15, 0.2) is 5.82 Å². The van der Waals surface area contributed by atoms with Gasteiger partial charge in [-0.2, -0.15) is 4.68 Å². The van der Waals surface area contributed by atoms with E-state index in [-0.39, 0.29) is 0 Å². The van der Waals surface area contributed by atoms with Gasteiger partial charge in [-0.25, -0.2) is 0 Å². The molecular weight excluding hydrogens is 204 g/mol. The van der Waals surface area contributed by atoms with E-state index in [2.05, 4.69) is 20.5 Å². The van der Waals surface area contributed by atoms with Crippen molar-refractivity contribution in [3.05, 3.63) is 36.4 Å². The zero-order valence-corrected chi connectivity index (χ0v) is 8.28. The molecule has 6 nitrogen and oxygen atoms in total. The molecule has 0 saturated carbocycles. The summed E-state index contributed by atoms with van der Waals surface area (Å²) in [6.45, 7) is 0. The molecule has 0 aliphatic rings. The second-order valence-electron chi connectivity index (χ2n) is 3.31. The van der Waals surface area contributed by atoms with Gasteiger partial charge in [-0.15, -0.1) is 15.3 Å². The lowest BCUT2D eigenvalue weighted by atomic mass is 10.3. The number of para-hydroxylation sites is 1. The Morgan fingerprint density at radius 2 is 1.81 bits per heavy atom. The third kappa shape index (κ3) is 1.28. The third-order valence-corrected chi connectivity index (χ3v) is 2.24. The number of hydrogen-bond acceptors (Lipinski definition) is 5. The number of aromatic nitrogens is 5. The number of benzene rings is 1. The normalized spacial score (nSPS) is 10.8. The van der Waals surface area contributed by atoms with Crippen molar-refractivity contribution in [3.8, 4) is 5.82 Å². The van der Waals surface area contributed by atoms with Crippen LogP contribution in [-0.2, 0) is 0 Å². The van der Waals surface area contributed by atoms with Crippen molar-refractivity contribution < 1.29 is 0 Å². The number of rotatable bonds is 1. The van der Waals surface area contributed by atoms with Crippen LogP contribution in [0, 0.1) is 0 Å². The molecule has 3 aromatic rings. The molecule has 0 fully saturated rings. The minimum Gasteiger partial charge on any atom is -0.382 e. The fraction of sp³-hybridized carbons (Fsp3) is 0. The highest BCUT2D eigenvalue weighted by molar-refractivity contribution is 5.75. The lowest BCUT2D eigenvalue weighted by Crippen LogP contribution is -2.02. The van der Waals surface area contributed by atoms with Crippen LogP contribution in [0.25, 0.3) is 16.9 Å². The topological polar surface area (TPSA) is 82.5 Å². The smallest absolute Gasteiger partial charge is 0.178 e. The second kappa shape index (κ2) is 3.27. The molecule has 3 rings (SSSR count). The Morgan fingerprint density at radius 1 is 0.938 bits per heavy atom. The quantitative estimate of drug-likeness (QED) is 0.644. The summed E-state index contributed by atoms with van der Waals surface area (Å²) in [5, 5.41) is 15.8. The maximum atomic E-state index is 5.47. The van der Waals surface area contributed by atoms with Gasteiger partial charge in [-0.05, 0) is 24.3 Å². The Kier molecular flexibility index (Phi) is 1.79. The van der Waals surface area contributed by atoms with Gasteiger partial charge >= 0.3 is 0 Å². The number of nitrogens with two attached hydrogens (primary N) is 1. The minimum atomic E-state index is 0.383. The Bertz CT molecular complexity index is 627. The molecule has 0 bridgehead atoms. The summed E-state index contributed by atoms with van der Waals surface area (Å²) in [6.07, 6.45) is 0. The summed E-state index contributed by atoms with van der Waals surface area (Å²) >= 11 is 0. The standard InChI is InChI=1S/C10H8N6/c11-9-5-6-10(14-13-9)16-8-4-2-1-3-7(8)12-15-16/h1-6H,(H2,11,13). The average molecular weight is 212 g/mol. The average Bonchev–Trinajstić information content (AvgIpc) is 2.74. The van der Waals surface area contributed by atoms with Gasteiger partial charge in [-0.3, -0.25) is 0 Å². The largest absolute Gasteiger partial charge is 0.382 e.